The number of nitrogens with zero attached hydrogens (tertiary/aromatic N) is 1. The molecule has 1 aliphatic carbocycles. The summed E-state index contributed by atoms with van der Waals surface area (Å²) < 4.78 is 7.38. The van der Waals surface area contributed by atoms with Crippen LogP contribution in [0.4, 0.5) is 0 Å². The number of ether oxygens (including phenoxy) is 1. The topological polar surface area (TPSA) is 31.2 Å². The van der Waals surface area contributed by atoms with Gasteiger partial charge in [-0.25, -0.2) is 0 Å². The normalized spacial score (nSPS) is 12.8. The molecular formula is C30H27NO2. The average molecular weight is 434 g/mol. The van der Waals surface area contributed by atoms with Gasteiger partial charge >= 0.3 is 0 Å². The Morgan fingerprint density at radius 3 is 2.15 bits per heavy atom. The van der Waals surface area contributed by atoms with Crippen LogP contribution in [0.5, 0.6) is 5.75 Å². The van der Waals surface area contributed by atoms with Gasteiger partial charge in [-0.05, 0) is 46.7 Å². The minimum Gasteiger partial charge on any atom is -0.496 e. The molecular weight excluding hydrogens is 406 g/mol. The molecule has 0 spiro atoms. The number of fused-ring (bicyclic) bond motifs is 1. The molecule has 0 radical (unpaired) electrons. The van der Waals surface area contributed by atoms with Crippen LogP contribution in [0, 0.1) is 0 Å². The molecule has 0 N–H and O–H groups in total. The first-order valence-corrected chi connectivity index (χ1v) is 11.4. The molecule has 1 aliphatic rings. The quantitative estimate of drug-likeness (QED) is 0.370. The lowest BCUT2D eigenvalue weighted by Crippen LogP contribution is -2.22. The maximum absolute atomic E-state index is 12.8. The fraction of sp³-hybridized carbons (Fsp3) is 0.167. The highest BCUT2D eigenvalue weighted by Gasteiger charge is 2.19. The lowest BCUT2D eigenvalue weighted by atomic mass is 9.86. The van der Waals surface area contributed by atoms with E-state index in [0.29, 0.717) is 6.54 Å². The number of hydrogen-bond acceptors (Lipinski definition) is 2. The highest BCUT2D eigenvalue weighted by molar-refractivity contribution is 5.63. The molecule has 1 heterocycles. The first-order chi connectivity index (χ1) is 16.2. The van der Waals surface area contributed by atoms with Crippen LogP contribution in [0.1, 0.15) is 40.2 Å². The van der Waals surface area contributed by atoms with Gasteiger partial charge in [-0.15, -0.1) is 0 Å². The summed E-state index contributed by atoms with van der Waals surface area (Å²) in [5, 5.41) is 0. The van der Waals surface area contributed by atoms with Crippen molar-refractivity contribution in [1.82, 2.24) is 4.57 Å². The molecule has 3 aromatic carbocycles. The van der Waals surface area contributed by atoms with E-state index in [9.17, 15) is 4.79 Å². The number of aromatic nitrogens is 1. The molecule has 0 fully saturated rings. The summed E-state index contributed by atoms with van der Waals surface area (Å²) in [7, 11) is 1.72. The number of benzene rings is 3. The molecule has 1 aromatic heterocycles. The van der Waals surface area contributed by atoms with Crippen LogP contribution in [0.2, 0.25) is 0 Å². The molecule has 0 amide bonds. The Morgan fingerprint density at radius 2 is 1.48 bits per heavy atom. The van der Waals surface area contributed by atoms with Gasteiger partial charge in [0.05, 0.1) is 7.11 Å². The minimum atomic E-state index is 0.0240. The second-order valence-corrected chi connectivity index (χ2v) is 8.51. The lowest BCUT2D eigenvalue weighted by molar-refractivity contribution is 0.409. The van der Waals surface area contributed by atoms with Crippen LogP contribution in [0.3, 0.4) is 0 Å². The fourth-order valence-electron chi connectivity index (χ4n) is 4.81. The van der Waals surface area contributed by atoms with Crippen molar-refractivity contribution in [2.24, 2.45) is 0 Å². The maximum Gasteiger partial charge on any atom is 0.250 e. The predicted molar refractivity (Wildman–Crippen MR) is 134 cm³/mol. The molecule has 3 heteroatoms. The number of allylic oxidation sites excluding steroid dienone is 1. The first-order valence-electron chi connectivity index (χ1n) is 11.4. The fourth-order valence-corrected chi connectivity index (χ4v) is 4.81. The van der Waals surface area contributed by atoms with Gasteiger partial charge < -0.3 is 9.30 Å². The highest BCUT2D eigenvalue weighted by Crippen LogP contribution is 2.33. The van der Waals surface area contributed by atoms with Gasteiger partial charge in [0.15, 0.2) is 0 Å². The maximum atomic E-state index is 12.8. The van der Waals surface area contributed by atoms with Gasteiger partial charge in [-0.2, -0.15) is 0 Å². The Morgan fingerprint density at radius 1 is 0.788 bits per heavy atom. The van der Waals surface area contributed by atoms with Crippen molar-refractivity contribution in [3.63, 3.8) is 0 Å². The Kier molecular flexibility index (Phi) is 5.95. The molecule has 33 heavy (non-hydrogen) atoms. The summed E-state index contributed by atoms with van der Waals surface area (Å²) in [6.45, 7) is 0.597. The molecule has 0 saturated heterocycles. The van der Waals surface area contributed by atoms with Crippen molar-refractivity contribution in [3.8, 4) is 5.75 Å². The van der Waals surface area contributed by atoms with Crippen LogP contribution >= 0.6 is 0 Å². The molecule has 0 unspecified atom stereocenters. The molecule has 164 valence electrons. The van der Waals surface area contributed by atoms with E-state index >= 15 is 0 Å². The predicted octanol–water partition coefficient (Wildman–Crippen LogP) is 6.07. The summed E-state index contributed by atoms with van der Waals surface area (Å²) in [5.74, 6) is 1.01. The van der Waals surface area contributed by atoms with E-state index in [0.717, 1.165) is 24.2 Å². The van der Waals surface area contributed by atoms with Crippen molar-refractivity contribution >= 4 is 6.08 Å². The monoisotopic (exact) mass is 433 g/mol. The third-order valence-electron chi connectivity index (χ3n) is 6.42. The van der Waals surface area contributed by atoms with Gasteiger partial charge in [0.2, 0.25) is 0 Å². The molecule has 4 aromatic rings. The van der Waals surface area contributed by atoms with Crippen LogP contribution in [-0.4, -0.2) is 11.7 Å². The van der Waals surface area contributed by atoms with Crippen LogP contribution in [0.15, 0.2) is 108 Å². The standard InChI is InChI=1S/C30H27NO2/c1-33-28-14-8-13-25-19-22(15-17-27(25)28)20-31-21-26(16-18-29(31)32)30(23-9-4-2-5-10-23)24-11-6-3-7-12-24/h2-14,16,18-19,21,30H,15,17,20H2,1H3. The van der Waals surface area contributed by atoms with Crippen LogP contribution in [0.25, 0.3) is 6.08 Å². The summed E-state index contributed by atoms with van der Waals surface area (Å²) in [4.78, 5) is 12.8. The van der Waals surface area contributed by atoms with Crippen molar-refractivity contribution in [2.75, 3.05) is 7.11 Å². The van der Waals surface area contributed by atoms with E-state index in [1.165, 1.54) is 27.8 Å². The Balaban J connectivity index is 1.51. The zero-order valence-corrected chi connectivity index (χ0v) is 18.8. The molecule has 5 rings (SSSR count). The minimum absolute atomic E-state index is 0.0240. The Hall–Kier alpha value is -3.85. The summed E-state index contributed by atoms with van der Waals surface area (Å²) in [6, 6.07) is 30.8. The lowest BCUT2D eigenvalue weighted by Gasteiger charge is -2.22. The summed E-state index contributed by atoms with van der Waals surface area (Å²) in [6.07, 6.45) is 6.10. The second-order valence-electron chi connectivity index (χ2n) is 8.51. The van der Waals surface area contributed by atoms with E-state index in [1.54, 1.807) is 13.2 Å². The summed E-state index contributed by atoms with van der Waals surface area (Å²) >= 11 is 0. The Bertz CT molecular complexity index is 1300. The van der Waals surface area contributed by atoms with E-state index < -0.39 is 0 Å². The van der Waals surface area contributed by atoms with Crippen molar-refractivity contribution in [1.29, 1.82) is 0 Å². The molecule has 3 nitrogen and oxygen atoms in total. The largest absolute Gasteiger partial charge is 0.496 e. The first kappa shape index (κ1) is 21.0. The van der Waals surface area contributed by atoms with Crippen molar-refractivity contribution in [2.45, 2.75) is 25.3 Å². The molecule has 0 saturated carbocycles. The van der Waals surface area contributed by atoms with Crippen molar-refractivity contribution < 1.29 is 4.74 Å². The SMILES string of the molecule is COc1cccc2c1CCC(Cn1cc(C(c3ccccc3)c3ccccc3)ccc1=O)=C2. The van der Waals surface area contributed by atoms with Gasteiger partial charge in [0.1, 0.15) is 5.75 Å². The third kappa shape index (κ3) is 4.40. The highest BCUT2D eigenvalue weighted by atomic mass is 16.5. The number of hydrogen-bond donors (Lipinski definition) is 0. The molecule has 0 bridgehead atoms. The summed E-state index contributed by atoms with van der Waals surface area (Å²) in [5.41, 5.74) is 7.26. The van der Waals surface area contributed by atoms with E-state index in [4.69, 9.17) is 4.74 Å². The molecule has 0 atom stereocenters. The van der Waals surface area contributed by atoms with Crippen molar-refractivity contribution in [3.05, 3.63) is 141 Å². The Labute approximate surface area is 194 Å². The second kappa shape index (κ2) is 9.33. The van der Waals surface area contributed by atoms with Gasteiger partial charge in [-0.3, -0.25) is 4.79 Å². The number of rotatable bonds is 6. The molecule has 0 aliphatic heterocycles. The zero-order chi connectivity index (χ0) is 22.6. The van der Waals surface area contributed by atoms with Crippen LogP contribution < -0.4 is 10.3 Å². The van der Waals surface area contributed by atoms with Gasteiger partial charge in [-0.1, -0.05) is 84.9 Å². The third-order valence-corrected chi connectivity index (χ3v) is 6.42. The van der Waals surface area contributed by atoms with Gasteiger partial charge in [0.25, 0.3) is 5.56 Å². The van der Waals surface area contributed by atoms with E-state index in [1.807, 2.05) is 41.1 Å². The van der Waals surface area contributed by atoms with E-state index in [-0.39, 0.29) is 11.5 Å². The van der Waals surface area contributed by atoms with Crippen LogP contribution in [-0.2, 0) is 13.0 Å². The van der Waals surface area contributed by atoms with Gasteiger partial charge in [0, 0.05) is 30.3 Å². The zero-order valence-electron chi connectivity index (χ0n) is 18.8. The van der Waals surface area contributed by atoms with E-state index in [2.05, 4.69) is 60.7 Å². The number of pyridine rings is 1. The average Bonchev–Trinajstić information content (AvgIpc) is 2.87. The number of methoxy groups -OCH3 is 1. The smallest absolute Gasteiger partial charge is 0.250 e.